The monoisotopic (exact) mass is 127 g/mol. The summed E-state index contributed by atoms with van der Waals surface area (Å²) in [6.45, 7) is 1.94. The molecule has 0 heterocycles. The molecule has 0 aliphatic rings. The van der Waals surface area contributed by atoms with E-state index in [1.807, 2.05) is 13.0 Å². The Bertz CT molecular complexity index is 124. The quantitative estimate of drug-likeness (QED) is 0.312. The Labute approximate surface area is 55.1 Å². The van der Waals surface area contributed by atoms with Crippen LogP contribution in [0.1, 0.15) is 6.92 Å². The third-order valence-electron chi connectivity index (χ3n) is 0.672. The normalized spacial score (nSPS) is 12.5. The van der Waals surface area contributed by atoms with Gasteiger partial charge in [0.15, 0.2) is 0 Å². The van der Waals surface area contributed by atoms with Gasteiger partial charge in [0, 0.05) is 18.6 Å². The van der Waals surface area contributed by atoms with Gasteiger partial charge in [-0.25, -0.2) is 0 Å². The predicted molar refractivity (Wildman–Crippen MR) is 41.8 cm³/mol. The van der Waals surface area contributed by atoms with Crippen molar-refractivity contribution in [2.75, 3.05) is 7.05 Å². The van der Waals surface area contributed by atoms with E-state index in [1.165, 1.54) is 0 Å². The number of rotatable bonds is 2. The molecule has 0 unspecified atom stereocenters. The average Bonchev–Trinajstić information content (AvgIpc) is 1.83. The van der Waals surface area contributed by atoms with Crippen LogP contribution in [0.2, 0.25) is 0 Å². The van der Waals surface area contributed by atoms with Gasteiger partial charge in [-0.2, -0.15) is 0 Å². The molecule has 0 aromatic heterocycles. The van der Waals surface area contributed by atoms with Crippen LogP contribution in [-0.2, 0) is 0 Å². The van der Waals surface area contributed by atoms with E-state index in [-0.39, 0.29) is 0 Å². The highest BCUT2D eigenvalue weighted by Crippen LogP contribution is 1.82. The molecule has 8 heavy (non-hydrogen) atoms. The molecule has 0 bridgehead atoms. The van der Waals surface area contributed by atoms with Crippen molar-refractivity contribution in [3.05, 3.63) is 11.6 Å². The van der Waals surface area contributed by atoms with Gasteiger partial charge in [0.25, 0.3) is 0 Å². The Balaban J connectivity index is 3.74. The predicted octanol–water partition coefficient (Wildman–Crippen LogP) is 1.63. The summed E-state index contributed by atoms with van der Waals surface area (Å²) in [6, 6.07) is 0. The van der Waals surface area contributed by atoms with Crippen LogP contribution in [0.5, 0.6) is 0 Å². The van der Waals surface area contributed by atoms with Gasteiger partial charge in [-0.3, -0.25) is 4.99 Å². The zero-order valence-corrected chi connectivity index (χ0v) is 5.90. The minimum atomic E-state index is 1.06. The smallest absolute Gasteiger partial charge is 0.0277 e. The second kappa shape index (κ2) is 4.65. The van der Waals surface area contributed by atoms with Crippen molar-refractivity contribution in [3.63, 3.8) is 0 Å². The lowest BCUT2D eigenvalue weighted by Crippen LogP contribution is -1.73. The molecule has 0 rings (SSSR count). The Hall–Kier alpha value is -0.500. The molecule has 0 aliphatic carbocycles. The largest absolute Gasteiger partial charge is 0.297 e. The highest BCUT2D eigenvalue weighted by atomic mass is 32.1. The van der Waals surface area contributed by atoms with Gasteiger partial charge in [0.05, 0.1) is 0 Å². The molecule has 0 atom stereocenters. The number of aliphatic imine (C=N–C) groups is 1. The van der Waals surface area contributed by atoms with Crippen LogP contribution in [0, 0.1) is 0 Å². The Morgan fingerprint density at radius 2 is 2.25 bits per heavy atom. The van der Waals surface area contributed by atoms with Gasteiger partial charge >= 0.3 is 0 Å². The molecule has 2 heteroatoms. The molecule has 0 N–H and O–H groups in total. The lowest BCUT2D eigenvalue weighted by atomic mass is 10.3. The summed E-state index contributed by atoms with van der Waals surface area (Å²) in [4.78, 5) is 3.76. The first-order valence-electron chi connectivity index (χ1n) is 2.35. The Morgan fingerprint density at radius 1 is 1.62 bits per heavy atom. The second-order valence-corrected chi connectivity index (χ2v) is 1.67. The number of hydrogen-bond donors (Lipinski definition) is 0. The number of nitrogens with zero attached hydrogens (tertiary/aromatic N) is 1. The number of allylic oxidation sites excluding steroid dienone is 2. The highest BCUT2D eigenvalue weighted by Gasteiger charge is 1.72. The fourth-order valence-electron chi connectivity index (χ4n) is 0.231. The van der Waals surface area contributed by atoms with Crippen molar-refractivity contribution in [2.24, 2.45) is 4.99 Å². The van der Waals surface area contributed by atoms with Crippen LogP contribution in [0.4, 0.5) is 0 Å². The summed E-state index contributed by atoms with van der Waals surface area (Å²) in [5, 5.41) is 1.63. The molecule has 0 radical (unpaired) electrons. The summed E-state index contributed by atoms with van der Waals surface area (Å²) < 4.78 is 0. The molecular weight excluding hydrogens is 118 g/mol. The van der Waals surface area contributed by atoms with Crippen molar-refractivity contribution < 1.29 is 0 Å². The van der Waals surface area contributed by atoms with E-state index in [1.54, 1.807) is 18.6 Å². The average molecular weight is 127 g/mol. The second-order valence-electron chi connectivity index (χ2n) is 1.44. The van der Waals surface area contributed by atoms with Gasteiger partial charge < -0.3 is 0 Å². The van der Waals surface area contributed by atoms with E-state index >= 15 is 0 Å². The van der Waals surface area contributed by atoms with Crippen molar-refractivity contribution in [1.29, 1.82) is 0 Å². The molecule has 1 nitrogen and oxygen atoms in total. The van der Waals surface area contributed by atoms with Gasteiger partial charge in [-0.05, 0) is 18.6 Å². The fourth-order valence-corrected chi connectivity index (χ4v) is 0.310. The molecule has 0 spiro atoms. The summed E-state index contributed by atoms with van der Waals surface area (Å²) in [5.41, 5.74) is 1.06. The number of thiocarbonyl (C=S) groups is 1. The van der Waals surface area contributed by atoms with Crippen LogP contribution in [-0.4, -0.2) is 18.6 Å². The zero-order valence-electron chi connectivity index (χ0n) is 5.09. The lowest BCUT2D eigenvalue weighted by molar-refractivity contribution is 1.47. The molecule has 0 amide bonds. The number of hydrogen-bond acceptors (Lipinski definition) is 2. The van der Waals surface area contributed by atoms with Gasteiger partial charge in [0.1, 0.15) is 0 Å². The molecule has 44 valence electrons. The fraction of sp³-hybridized carbons (Fsp3) is 0.333. The van der Waals surface area contributed by atoms with Crippen molar-refractivity contribution >= 4 is 23.8 Å². The molecule has 0 aromatic carbocycles. The van der Waals surface area contributed by atoms with Crippen LogP contribution < -0.4 is 0 Å². The van der Waals surface area contributed by atoms with Gasteiger partial charge in [0.2, 0.25) is 0 Å². The maximum Gasteiger partial charge on any atom is 0.0277 e. The Kier molecular flexibility index (Phi) is 4.36. The minimum Gasteiger partial charge on any atom is -0.297 e. The third kappa shape index (κ3) is 3.68. The Morgan fingerprint density at radius 3 is 2.62 bits per heavy atom. The summed E-state index contributed by atoms with van der Waals surface area (Å²) in [6.07, 6.45) is 3.59. The summed E-state index contributed by atoms with van der Waals surface area (Å²) in [5.74, 6) is 0. The van der Waals surface area contributed by atoms with E-state index in [9.17, 15) is 0 Å². The van der Waals surface area contributed by atoms with Crippen molar-refractivity contribution in [2.45, 2.75) is 6.92 Å². The SMILES string of the molecule is CN=C/C=C(/C)C=S. The molecular formula is C6H9NS. The molecule has 0 saturated heterocycles. The molecule has 0 aliphatic heterocycles. The van der Waals surface area contributed by atoms with Gasteiger partial charge in [-0.1, -0.05) is 12.2 Å². The lowest BCUT2D eigenvalue weighted by Gasteiger charge is -1.79. The maximum absolute atomic E-state index is 4.63. The van der Waals surface area contributed by atoms with Crippen LogP contribution in [0.3, 0.4) is 0 Å². The first-order chi connectivity index (χ1) is 3.81. The van der Waals surface area contributed by atoms with E-state index in [4.69, 9.17) is 0 Å². The first kappa shape index (κ1) is 7.50. The molecule has 0 saturated carbocycles. The standard InChI is InChI=1S/C6H9NS/c1-6(5-8)3-4-7-2/h3-5H,1-2H3/b6-3-,7-4?. The highest BCUT2D eigenvalue weighted by molar-refractivity contribution is 7.79. The summed E-state index contributed by atoms with van der Waals surface area (Å²) >= 11 is 4.63. The van der Waals surface area contributed by atoms with E-state index in [2.05, 4.69) is 17.2 Å². The van der Waals surface area contributed by atoms with Gasteiger partial charge in [-0.15, -0.1) is 0 Å². The van der Waals surface area contributed by atoms with Crippen molar-refractivity contribution in [1.82, 2.24) is 0 Å². The minimum absolute atomic E-state index is 1.06. The van der Waals surface area contributed by atoms with Crippen LogP contribution in [0.15, 0.2) is 16.6 Å². The maximum atomic E-state index is 4.63. The molecule has 0 fully saturated rings. The van der Waals surface area contributed by atoms with E-state index in [0.29, 0.717) is 0 Å². The van der Waals surface area contributed by atoms with Crippen LogP contribution in [0.25, 0.3) is 0 Å². The van der Waals surface area contributed by atoms with E-state index < -0.39 is 0 Å². The first-order valence-corrected chi connectivity index (χ1v) is 2.82. The van der Waals surface area contributed by atoms with E-state index in [0.717, 1.165) is 5.57 Å². The summed E-state index contributed by atoms with van der Waals surface area (Å²) in [7, 11) is 1.73. The third-order valence-corrected chi connectivity index (χ3v) is 1.04. The molecule has 0 aromatic rings. The van der Waals surface area contributed by atoms with Crippen molar-refractivity contribution in [3.8, 4) is 0 Å². The topological polar surface area (TPSA) is 12.4 Å². The zero-order chi connectivity index (χ0) is 6.41. The van der Waals surface area contributed by atoms with Crippen LogP contribution >= 0.6 is 12.2 Å².